The fraction of sp³-hybridized carbons (Fsp3) is 0.667. The number of nitrogens with zero attached hydrogens (tertiary/aromatic N) is 4. The van der Waals surface area contributed by atoms with E-state index in [0.717, 1.165) is 57.8 Å². The second kappa shape index (κ2) is 6.39. The first kappa shape index (κ1) is 14.3. The number of rotatable bonds is 2. The Balaban J connectivity index is 1.54. The zero-order chi connectivity index (χ0) is 14.7. The largest absolute Gasteiger partial charge is 0.339 e. The summed E-state index contributed by atoms with van der Waals surface area (Å²) in [4.78, 5) is 25.2. The van der Waals surface area contributed by atoms with E-state index in [4.69, 9.17) is 5.73 Å². The van der Waals surface area contributed by atoms with E-state index in [9.17, 15) is 4.79 Å². The molecule has 1 saturated heterocycles. The normalized spacial score (nSPS) is 26.7. The van der Waals surface area contributed by atoms with E-state index in [2.05, 4.69) is 14.9 Å². The van der Waals surface area contributed by atoms with Gasteiger partial charge in [0.15, 0.2) is 0 Å². The number of amides is 1. The Labute approximate surface area is 125 Å². The van der Waals surface area contributed by atoms with Gasteiger partial charge in [0.25, 0.3) is 0 Å². The van der Waals surface area contributed by atoms with Crippen LogP contribution in [0.5, 0.6) is 0 Å². The van der Waals surface area contributed by atoms with Crippen LogP contribution in [-0.2, 0) is 4.79 Å². The molecule has 2 heterocycles. The van der Waals surface area contributed by atoms with Crippen molar-refractivity contribution in [2.75, 3.05) is 31.1 Å². The van der Waals surface area contributed by atoms with Crippen molar-refractivity contribution in [3.8, 4) is 0 Å². The lowest BCUT2D eigenvalue weighted by atomic mass is 9.85. The van der Waals surface area contributed by atoms with Gasteiger partial charge in [-0.25, -0.2) is 9.97 Å². The van der Waals surface area contributed by atoms with Gasteiger partial charge < -0.3 is 15.5 Å². The van der Waals surface area contributed by atoms with Crippen LogP contribution >= 0.6 is 0 Å². The van der Waals surface area contributed by atoms with Crippen molar-refractivity contribution in [2.24, 2.45) is 11.7 Å². The summed E-state index contributed by atoms with van der Waals surface area (Å²) in [5.74, 6) is 1.18. The Bertz CT molecular complexity index is 472. The molecule has 1 amide bonds. The van der Waals surface area contributed by atoms with Gasteiger partial charge in [0.05, 0.1) is 0 Å². The quantitative estimate of drug-likeness (QED) is 0.865. The van der Waals surface area contributed by atoms with Crippen molar-refractivity contribution in [1.82, 2.24) is 14.9 Å². The summed E-state index contributed by atoms with van der Waals surface area (Å²) < 4.78 is 0. The molecule has 2 aliphatic rings. The number of carbonyl (C=O) groups excluding carboxylic acids is 1. The number of carbonyl (C=O) groups is 1. The third-order valence-corrected chi connectivity index (χ3v) is 4.49. The number of aromatic nitrogens is 2. The number of hydrogen-bond acceptors (Lipinski definition) is 5. The molecule has 2 fully saturated rings. The van der Waals surface area contributed by atoms with Gasteiger partial charge in [0, 0.05) is 50.5 Å². The highest BCUT2D eigenvalue weighted by molar-refractivity contribution is 5.79. The summed E-state index contributed by atoms with van der Waals surface area (Å²) in [5.41, 5.74) is 6.00. The Hall–Kier alpha value is -1.69. The molecule has 1 saturated carbocycles. The van der Waals surface area contributed by atoms with Gasteiger partial charge in [-0.2, -0.15) is 0 Å². The van der Waals surface area contributed by atoms with E-state index in [1.165, 1.54) is 0 Å². The number of piperazine rings is 1. The summed E-state index contributed by atoms with van der Waals surface area (Å²) in [5, 5.41) is 0. The Morgan fingerprint density at radius 3 is 2.52 bits per heavy atom. The highest BCUT2D eigenvalue weighted by Gasteiger charge is 2.31. The van der Waals surface area contributed by atoms with E-state index >= 15 is 0 Å². The van der Waals surface area contributed by atoms with E-state index in [0.29, 0.717) is 5.91 Å². The van der Waals surface area contributed by atoms with E-state index in [1.807, 2.05) is 11.0 Å². The molecule has 2 N–H and O–H groups in total. The van der Waals surface area contributed by atoms with Crippen molar-refractivity contribution >= 4 is 11.9 Å². The molecule has 0 aromatic carbocycles. The molecule has 0 spiro atoms. The first-order valence-electron chi connectivity index (χ1n) is 7.80. The molecule has 1 aliphatic carbocycles. The second-order valence-corrected chi connectivity index (χ2v) is 5.98. The van der Waals surface area contributed by atoms with Crippen LogP contribution in [0.1, 0.15) is 25.7 Å². The molecule has 1 aromatic heterocycles. The molecule has 114 valence electrons. The fourth-order valence-electron chi connectivity index (χ4n) is 3.29. The Morgan fingerprint density at radius 1 is 1.14 bits per heavy atom. The fourth-order valence-corrected chi connectivity index (χ4v) is 3.29. The first-order valence-corrected chi connectivity index (χ1v) is 7.80. The van der Waals surface area contributed by atoms with Gasteiger partial charge in [-0.1, -0.05) is 6.42 Å². The molecule has 3 rings (SSSR count). The summed E-state index contributed by atoms with van der Waals surface area (Å²) >= 11 is 0. The summed E-state index contributed by atoms with van der Waals surface area (Å²) in [6.45, 7) is 3.11. The van der Waals surface area contributed by atoms with E-state index < -0.39 is 0 Å². The molecule has 2 unspecified atom stereocenters. The maximum Gasteiger partial charge on any atom is 0.225 e. The van der Waals surface area contributed by atoms with Crippen LogP contribution in [0.25, 0.3) is 0 Å². The minimum atomic E-state index is 0.133. The van der Waals surface area contributed by atoms with Crippen molar-refractivity contribution in [3.63, 3.8) is 0 Å². The van der Waals surface area contributed by atoms with Gasteiger partial charge in [-0.3, -0.25) is 4.79 Å². The standard InChI is InChI=1S/C15H23N5O/c16-13-4-1-3-12(11-13)14(21)19-7-9-20(10-8-19)15-17-5-2-6-18-15/h2,5-6,12-13H,1,3-4,7-11,16H2. The third kappa shape index (κ3) is 3.32. The Morgan fingerprint density at radius 2 is 1.86 bits per heavy atom. The van der Waals surface area contributed by atoms with Crippen LogP contribution in [0.3, 0.4) is 0 Å². The minimum absolute atomic E-state index is 0.133. The van der Waals surface area contributed by atoms with Crippen LogP contribution in [0.2, 0.25) is 0 Å². The highest BCUT2D eigenvalue weighted by Crippen LogP contribution is 2.25. The summed E-state index contributed by atoms with van der Waals surface area (Å²) in [6, 6.07) is 2.02. The molecule has 0 bridgehead atoms. The average molecular weight is 289 g/mol. The van der Waals surface area contributed by atoms with Gasteiger partial charge in [-0.15, -0.1) is 0 Å². The predicted molar refractivity (Wildman–Crippen MR) is 80.8 cm³/mol. The van der Waals surface area contributed by atoms with Crippen molar-refractivity contribution < 1.29 is 4.79 Å². The summed E-state index contributed by atoms with van der Waals surface area (Å²) in [7, 11) is 0. The van der Waals surface area contributed by atoms with Gasteiger partial charge in [-0.05, 0) is 25.3 Å². The maximum atomic E-state index is 12.6. The lowest BCUT2D eigenvalue weighted by Gasteiger charge is -2.37. The number of hydrogen-bond donors (Lipinski definition) is 1. The minimum Gasteiger partial charge on any atom is -0.339 e. The maximum absolute atomic E-state index is 12.6. The van der Waals surface area contributed by atoms with Crippen LogP contribution in [0.15, 0.2) is 18.5 Å². The lowest BCUT2D eigenvalue weighted by Crippen LogP contribution is -2.51. The van der Waals surface area contributed by atoms with Gasteiger partial charge >= 0.3 is 0 Å². The molecule has 1 aromatic rings. The molecule has 2 atom stereocenters. The molecule has 6 heteroatoms. The second-order valence-electron chi connectivity index (χ2n) is 5.98. The zero-order valence-corrected chi connectivity index (χ0v) is 12.3. The third-order valence-electron chi connectivity index (χ3n) is 4.49. The number of nitrogens with two attached hydrogens (primary N) is 1. The van der Waals surface area contributed by atoms with Gasteiger partial charge in [0.2, 0.25) is 11.9 Å². The van der Waals surface area contributed by atoms with Crippen molar-refractivity contribution in [1.29, 1.82) is 0 Å². The van der Waals surface area contributed by atoms with Crippen molar-refractivity contribution in [3.05, 3.63) is 18.5 Å². The van der Waals surface area contributed by atoms with Gasteiger partial charge in [0.1, 0.15) is 0 Å². The van der Waals surface area contributed by atoms with Crippen LogP contribution in [0, 0.1) is 5.92 Å². The van der Waals surface area contributed by atoms with Crippen LogP contribution < -0.4 is 10.6 Å². The molecular formula is C15H23N5O. The molecule has 0 radical (unpaired) electrons. The lowest BCUT2D eigenvalue weighted by molar-refractivity contribution is -0.137. The number of anilines is 1. The van der Waals surface area contributed by atoms with E-state index in [-0.39, 0.29) is 12.0 Å². The van der Waals surface area contributed by atoms with Crippen molar-refractivity contribution in [2.45, 2.75) is 31.7 Å². The topological polar surface area (TPSA) is 75.4 Å². The Kier molecular flexibility index (Phi) is 4.34. The van der Waals surface area contributed by atoms with Crippen LogP contribution in [0.4, 0.5) is 5.95 Å². The first-order chi connectivity index (χ1) is 10.2. The zero-order valence-electron chi connectivity index (χ0n) is 12.3. The van der Waals surface area contributed by atoms with E-state index in [1.54, 1.807) is 12.4 Å². The predicted octanol–water partition coefficient (Wildman–Crippen LogP) is 0.643. The summed E-state index contributed by atoms with van der Waals surface area (Å²) in [6.07, 6.45) is 7.49. The molecular weight excluding hydrogens is 266 g/mol. The average Bonchev–Trinajstić information content (AvgIpc) is 2.55. The molecule has 21 heavy (non-hydrogen) atoms. The molecule has 1 aliphatic heterocycles. The molecule has 6 nitrogen and oxygen atoms in total. The van der Waals surface area contributed by atoms with Crippen LogP contribution in [-0.4, -0.2) is 53.0 Å². The monoisotopic (exact) mass is 289 g/mol. The highest BCUT2D eigenvalue weighted by atomic mass is 16.2. The SMILES string of the molecule is NC1CCCC(C(=O)N2CCN(c3ncccn3)CC2)C1. The smallest absolute Gasteiger partial charge is 0.225 e.